The summed E-state index contributed by atoms with van der Waals surface area (Å²) in [6.45, 7) is 1.79. The molecule has 0 aliphatic carbocycles. The summed E-state index contributed by atoms with van der Waals surface area (Å²) in [7, 11) is 3.15. The number of nitrogens with zero attached hydrogens (tertiary/aromatic N) is 2. The molecule has 164 valence electrons. The van der Waals surface area contributed by atoms with Crippen molar-refractivity contribution < 1.29 is 23.5 Å². The number of aromatic nitrogens is 2. The van der Waals surface area contributed by atoms with Gasteiger partial charge in [-0.05, 0) is 36.8 Å². The second kappa shape index (κ2) is 9.28. The predicted octanol–water partition coefficient (Wildman–Crippen LogP) is 5.35. The molecular weight excluding hydrogens is 432 g/mol. The Labute approximate surface area is 189 Å². The number of hydrogen-bond acceptors (Lipinski definition) is 7. The minimum absolute atomic E-state index is 0.00459. The van der Waals surface area contributed by atoms with Crippen molar-refractivity contribution in [2.45, 2.75) is 19.8 Å². The molecular formula is C24H21ClN2O5. The average molecular weight is 453 g/mol. The molecule has 2 aromatic heterocycles. The molecule has 0 aliphatic heterocycles. The second-order valence-electron chi connectivity index (χ2n) is 7.21. The number of carbonyl (C=O) groups excluding carboxylic acids is 1. The highest BCUT2D eigenvalue weighted by molar-refractivity contribution is 6.31. The summed E-state index contributed by atoms with van der Waals surface area (Å²) in [6.07, 6.45) is 2.05. The van der Waals surface area contributed by atoms with Crippen molar-refractivity contribution in [3.8, 4) is 23.0 Å². The van der Waals surface area contributed by atoms with Gasteiger partial charge in [0.15, 0.2) is 11.5 Å². The minimum Gasteiger partial charge on any atom is -0.493 e. The number of Topliss-reactive ketones (excluding diaryl/α,β-unsaturated/α-hetero) is 1. The average Bonchev–Trinajstić information content (AvgIpc) is 3.19. The van der Waals surface area contributed by atoms with E-state index in [4.69, 9.17) is 30.3 Å². The summed E-state index contributed by atoms with van der Waals surface area (Å²) in [6, 6.07) is 12.4. The van der Waals surface area contributed by atoms with Crippen LogP contribution in [0, 0.1) is 6.92 Å². The van der Waals surface area contributed by atoms with Crippen LogP contribution < -0.4 is 14.2 Å². The van der Waals surface area contributed by atoms with E-state index in [1.807, 2.05) is 6.07 Å². The van der Waals surface area contributed by atoms with Crippen molar-refractivity contribution >= 4 is 28.3 Å². The van der Waals surface area contributed by atoms with Gasteiger partial charge in [-0.2, -0.15) is 0 Å². The number of fused-ring (bicyclic) bond motifs is 1. The zero-order valence-electron chi connectivity index (χ0n) is 17.8. The van der Waals surface area contributed by atoms with Crippen molar-refractivity contribution in [2.24, 2.45) is 0 Å². The van der Waals surface area contributed by atoms with Crippen molar-refractivity contribution in [3.63, 3.8) is 0 Å². The maximum absolute atomic E-state index is 12.4. The Bertz CT molecular complexity index is 1280. The van der Waals surface area contributed by atoms with E-state index < -0.39 is 0 Å². The SMILES string of the molecule is COc1cc2nccc(Oc3ccc(CC(=O)Cc4cc(C)on4)c(Cl)c3)c2cc1OC. The third kappa shape index (κ3) is 4.68. The number of rotatable bonds is 8. The van der Waals surface area contributed by atoms with Crippen LogP contribution in [0.4, 0.5) is 0 Å². The summed E-state index contributed by atoms with van der Waals surface area (Å²) in [5.74, 6) is 2.97. The highest BCUT2D eigenvalue weighted by Crippen LogP contribution is 2.37. The fraction of sp³-hybridized carbons (Fsp3) is 0.208. The van der Waals surface area contributed by atoms with Gasteiger partial charge in [-0.15, -0.1) is 0 Å². The first-order valence-corrected chi connectivity index (χ1v) is 10.3. The van der Waals surface area contributed by atoms with Gasteiger partial charge in [-0.1, -0.05) is 22.8 Å². The monoisotopic (exact) mass is 452 g/mol. The minimum atomic E-state index is -0.00459. The molecule has 0 atom stereocenters. The van der Waals surface area contributed by atoms with Gasteiger partial charge in [-0.3, -0.25) is 9.78 Å². The molecule has 32 heavy (non-hydrogen) atoms. The Morgan fingerprint density at radius 1 is 1.00 bits per heavy atom. The number of ketones is 1. The van der Waals surface area contributed by atoms with Gasteiger partial charge in [-0.25, -0.2) is 0 Å². The molecule has 0 aliphatic rings. The van der Waals surface area contributed by atoms with E-state index in [0.29, 0.717) is 45.0 Å². The van der Waals surface area contributed by atoms with Crippen molar-refractivity contribution in [2.75, 3.05) is 14.2 Å². The summed E-state index contributed by atoms with van der Waals surface area (Å²) < 4.78 is 21.8. The Morgan fingerprint density at radius 2 is 1.78 bits per heavy atom. The number of ether oxygens (including phenoxy) is 3. The zero-order chi connectivity index (χ0) is 22.7. The number of pyridine rings is 1. The van der Waals surface area contributed by atoms with Crippen LogP contribution in [0.3, 0.4) is 0 Å². The lowest BCUT2D eigenvalue weighted by Gasteiger charge is -2.13. The number of hydrogen-bond donors (Lipinski definition) is 0. The predicted molar refractivity (Wildman–Crippen MR) is 120 cm³/mol. The molecule has 0 bridgehead atoms. The van der Waals surface area contributed by atoms with Gasteiger partial charge in [0.05, 0.1) is 31.9 Å². The molecule has 0 spiro atoms. The zero-order valence-corrected chi connectivity index (χ0v) is 18.6. The fourth-order valence-electron chi connectivity index (χ4n) is 3.38. The number of benzene rings is 2. The lowest BCUT2D eigenvalue weighted by atomic mass is 10.1. The van der Waals surface area contributed by atoms with E-state index in [9.17, 15) is 4.79 Å². The first-order valence-electron chi connectivity index (χ1n) is 9.87. The normalized spacial score (nSPS) is 10.9. The van der Waals surface area contributed by atoms with E-state index in [1.165, 1.54) is 0 Å². The topological polar surface area (TPSA) is 83.7 Å². The summed E-state index contributed by atoms with van der Waals surface area (Å²) in [4.78, 5) is 16.8. The van der Waals surface area contributed by atoms with Crippen LogP contribution in [0.5, 0.6) is 23.0 Å². The smallest absolute Gasteiger partial charge is 0.162 e. The molecule has 0 saturated carbocycles. The quantitative estimate of drug-likeness (QED) is 0.356. The van der Waals surface area contributed by atoms with Crippen molar-refractivity contribution in [1.82, 2.24) is 10.1 Å². The molecule has 4 aromatic rings. The van der Waals surface area contributed by atoms with Gasteiger partial charge in [0.1, 0.15) is 23.0 Å². The van der Waals surface area contributed by atoms with Crippen molar-refractivity contribution in [3.05, 3.63) is 70.7 Å². The standard InChI is InChI=1S/C24H21ClN2O5/c1-14-8-16(27-32-14)10-17(28)9-15-4-5-18(11-20(15)25)31-22-6-7-26-21-13-24(30-3)23(29-2)12-19(21)22/h4-8,11-13H,9-10H2,1-3H3. The van der Waals surface area contributed by atoms with Crippen LogP contribution in [0.25, 0.3) is 10.9 Å². The second-order valence-corrected chi connectivity index (χ2v) is 7.62. The molecule has 4 rings (SSSR count). The van der Waals surface area contributed by atoms with Gasteiger partial charge >= 0.3 is 0 Å². The van der Waals surface area contributed by atoms with Crippen LogP contribution in [0.2, 0.25) is 5.02 Å². The van der Waals surface area contributed by atoms with E-state index in [2.05, 4.69) is 10.1 Å². The molecule has 8 heteroatoms. The van der Waals surface area contributed by atoms with Crippen molar-refractivity contribution in [1.29, 1.82) is 0 Å². The van der Waals surface area contributed by atoms with E-state index in [0.717, 1.165) is 10.9 Å². The lowest BCUT2D eigenvalue weighted by Crippen LogP contribution is -2.07. The molecule has 0 amide bonds. The number of halogens is 1. The molecule has 0 fully saturated rings. The molecule has 7 nitrogen and oxygen atoms in total. The van der Waals surface area contributed by atoms with E-state index in [-0.39, 0.29) is 18.6 Å². The van der Waals surface area contributed by atoms with Gasteiger partial charge in [0, 0.05) is 35.2 Å². The summed E-state index contributed by atoms with van der Waals surface area (Å²) in [5, 5.41) is 5.07. The molecule has 2 aromatic carbocycles. The maximum Gasteiger partial charge on any atom is 0.162 e. The van der Waals surface area contributed by atoms with Crippen LogP contribution >= 0.6 is 11.6 Å². The van der Waals surface area contributed by atoms with Crippen LogP contribution in [0.1, 0.15) is 17.0 Å². The third-order valence-electron chi connectivity index (χ3n) is 4.90. The Hall–Kier alpha value is -3.58. The maximum atomic E-state index is 12.4. The highest BCUT2D eigenvalue weighted by Gasteiger charge is 2.14. The molecule has 0 saturated heterocycles. The number of aryl methyl sites for hydroxylation is 1. The summed E-state index contributed by atoms with van der Waals surface area (Å²) >= 11 is 6.44. The van der Waals surface area contributed by atoms with Gasteiger partial charge < -0.3 is 18.7 Å². The Kier molecular flexibility index (Phi) is 6.28. The summed E-state index contributed by atoms with van der Waals surface area (Å²) in [5.41, 5.74) is 2.03. The number of carbonyl (C=O) groups is 1. The van der Waals surface area contributed by atoms with Gasteiger partial charge in [0.25, 0.3) is 0 Å². The molecule has 0 N–H and O–H groups in total. The third-order valence-corrected chi connectivity index (χ3v) is 5.25. The Morgan fingerprint density at radius 3 is 2.47 bits per heavy atom. The van der Waals surface area contributed by atoms with E-state index in [1.54, 1.807) is 63.7 Å². The largest absolute Gasteiger partial charge is 0.493 e. The Balaban J connectivity index is 1.53. The highest BCUT2D eigenvalue weighted by atomic mass is 35.5. The lowest BCUT2D eigenvalue weighted by molar-refractivity contribution is -0.117. The number of methoxy groups -OCH3 is 2. The first kappa shape index (κ1) is 21.6. The van der Waals surface area contributed by atoms with Gasteiger partial charge in [0.2, 0.25) is 0 Å². The molecule has 0 unspecified atom stereocenters. The fourth-order valence-corrected chi connectivity index (χ4v) is 3.61. The molecule has 0 radical (unpaired) electrons. The first-order chi connectivity index (χ1) is 15.5. The van der Waals surface area contributed by atoms with Crippen LogP contribution in [-0.2, 0) is 17.6 Å². The molecule has 2 heterocycles. The van der Waals surface area contributed by atoms with E-state index >= 15 is 0 Å². The van der Waals surface area contributed by atoms with Crippen LogP contribution in [-0.4, -0.2) is 30.1 Å². The van der Waals surface area contributed by atoms with Crippen LogP contribution in [0.15, 0.2) is 53.2 Å².